The van der Waals surface area contributed by atoms with Crippen LogP contribution in [0.15, 0.2) is 24.3 Å². The molecule has 14 heavy (non-hydrogen) atoms. The van der Waals surface area contributed by atoms with Gasteiger partial charge in [0.15, 0.2) is 0 Å². The number of hydrogen-bond acceptors (Lipinski definition) is 2. The number of rotatable bonds is 5. The van der Waals surface area contributed by atoms with E-state index in [1.54, 1.807) is 19.2 Å². The van der Waals surface area contributed by atoms with Crippen molar-refractivity contribution in [3.8, 4) is 0 Å². The number of ether oxygens (including phenoxy) is 1. The molecule has 0 bridgehead atoms. The summed E-state index contributed by atoms with van der Waals surface area (Å²) < 4.78 is 17.9. The SMILES string of the molecule is CNC(COC)Cc1cccc(F)c1. The molecule has 1 atom stereocenters. The zero-order valence-corrected chi connectivity index (χ0v) is 8.59. The van der Waals surface area contributed by atoms with Gasteiger partial charge in [0, 0.05) is 13.2 Å². The Balaban J connectivity index is 2.57. The number of nitrogens with one attached hydrogen (secondary N) is 1. The molecule has 0 fully saturated rings. The molecule has 1 rings (SSSR count). The molecule has 1 aromatic rings. The summed E-state index contributed by atoms with van der Waals surface area (Å²) in [6.45, 7) is 0.632. The fraction of sp³-hybridized carbons (Fsp3) is 0.455. The summed E-state index contributed by atoms with van der Waals surface area (Å²) in [6.07, 6.45) is 0.780. The highest BCUT2D eigenvalue weighted by molar-refractivity contribution is 5.17. The van der Waals surface area contributed by atoms with E-state index in [2.05, 4.69) is 5.32 Å². The van der Waals surface area contributed by atoms with E-state index in [0.29, 0.717) is 6.61 Å². The van der Waals surface area contributed by atoms with Crippen LogP contribution in [0.4, 0.5) is 4.39 Å². The van der Waals surface area contributed by atoms with Gasteiger partial charge in [0.1, 0.15) is 5.82 Å². The van der Waals surface area contributed by atoms with Crippen molar-refractivity contribution in [2.75, 3.05) is 20.8 Å². The van der Waals surface area contributed by atoms with Crippen molar-refractivity contribution in [1.29, 1.82) is 0 Å². The highest BCUT2D eigenvalue weighted by Gasteiger charge is 2.06. The molecule has 0 aliphatic carbocycles. The third kappa shape index (κ3) is 3.44. The molecule has 78 valence electrons. The summed E-state index contributed by atoms with van der Waals surface area (Å²) in [6, 6.07) is 6.89. The first kappa shape index (κ1) is 11.1. The molecule has 0 saturated heterocycles. The molecule has 0 amide bonds. The highest BCUT2D eigenvalue weighted by atomic mass is 19.1. The Kier molecular flexibility index (Phi) is 4.56. The van der Waals surface area contributed by atoms with E-state index in [4.69, 9.17) is 4.74 Å². The first-order valence-electron chi connectivity index (χ1n) is 4.67. The molecule has 1 unspecified atom stereocenters. The Labute approximate surface area is 84.1 Å². The van der Waals surface area contributed by atoms with Crippen LogP contribution < -0.4 is 5.32 Å². The lowest BCUT2D eigenvalue weighted by molar-refractivity contribution is 0.169. The Hall–Kier alpha value is -0.930. The van der Waals surface area contributed by atoms with Gasteiger partial charge in [-0.05, 0) is 31.2 Å². The van der Waals surface area contributed by atoms with Crippen molar-refractivity contribution in [1.82, 2.24) is 5.32 Å². The number of likely N-dealkylation sites (N-methyl/N-ethyl adjacent to an activating group) is 1. The molecule has 2 nitrogen and oxygen atoms in total. The van der Waals surface area contributed by atoms with Crippen molar-refractivity contribution < 1.29 is 9.13 Å². The molecule has 0 aromatic heterocycles. The molecule has 0 radical (unpaired) electrons. The normalized spacial score (nSPS) is 12.8. The number of hydrogen-bond donors (Lipinski definition) is 1. The Morgan fingerprint density at radius 2 is 2.29 bits per heavy atom. The zero-order valence-electron chi connectivity index (χ0n) is 8.59. The molecule has 0 heterocycles. The molecule has 1 N–H and O–H groups in total. The summed E-state index contributed by atoms with van der Waals surface area (Å²) in [5.41, 5.74) is 0.987. The van der Waals surface area contributed by atoms with E-state index in [1.807, 2.05) is 13.1 Å². The average molecular weight is 197 g/mol. The maximum atomic E-state index is 12.9. The molecular formula is C11H16FNO. The van der Waals surface area contributed by atoms with Crippen molar-refractivity contribution in [2.24, 2.45) is 0 Å². The van der Waals surface area contributed by atoms with Gasteiger partial charge in [-0.15, -0.1) is 0 Å². The monoisotopic (exact) mass is 197 g/mol. The van der Waals surface area contributed by atoms with Gasteiger partial charge in [0.05, 0.1) is 6.61 Å². The predicted octanol–water partition coefficient (Wildman–Crippen LogP) is 1.60. The summed E-state index contributed by atoms with van der Waals surface area (Å²) >= 11 is 0. The van der Waals surface area contributed by atoms with Gasteiger partial charge in [0.25, 0.3) is 0 Å². The molecular weight excluding hydrogens is 181 g/mol. The highest BCUT2D eigenvalue weighted by Crippen LogP contribution is 2.06. The molecule has 0 saturated carbocycles. The number of methoxy groups -OCH3 is 1. The first-order chi connectivity index (χ1) is 6.76. The quantitative estimate of drug-likeness (QED) is 0.774. The second-order valence-corrected chi connectivity index (χ2v) is 3.27. The third-order valence-electron chi connectivity index (χ3n) is 2.15. The van der Waals surface area contributed by atoms with E-state index in [1.165, 1.54) is 6.07 Å². The van der Waals surface area contributed by atoms with Crippen molar-refractivity contribution in [2.45, 2.75) is 12.5 Å². The maximum absolute atomic E-state index is 12.9. The van der Waals surface area contributed by atoms with Gasteiger partial charge in [-0.1, -0.05) is 12.1 Å². The van der Waals surface area contributed by atoms with Crippen LogP contribution in [-0.4, -0.2) is 26.8 Å². The fourth-order valence-electron chi connectivity index (χ4n) is 1.39. The van der Waals surface area contributed by atoms with E-state index in [-0.39, 0.29) is 11.9 Å². The van der Waals surface area contributed by atoms with Crippen LogP contribution in [0.1, 0.15) is 5.56 Å². The van der Waals surface area contributed by atoms with Crippen molar-refractivity contribution in [3.63, 3.8) is 0 Å². The molecule has 0 aliphatic rings. The van der Waals surface area contributed by atoms with Crippen molar-refractivity contribution in [3.05, 3.63) is 35.6 Å². The average Bonchev–Trinajstić information content (AvgIpc) is 2.17. The largest absolute Gasteiger partial charge is 0.383 e. The Morgan fingerprint density at radius 1 is 1.50 bits per heavy atom. The van der Waals surface area contributed by atoms with Gasteiger partial charge in [0.2, 0.25) is 0 Å². The first-order valence-corrected chi connectivity index (χ1v) is 4.67. The van der Waals surface area contributed by atoms with Crippen LogP contribution in [0.5, 0.6) is 0 Å². The standard InChI is InChI=1S/C11H16FNO/c1-13-11(8-14-2)7-9-4-3-5-10(12)6-9/h3-6,11,13H,7-8H2,1-2H3. The van der Waals surface area contributed by atoms with E-state index >= 15 is 0 Å². The van der Waals surface area contributed by atoms with Crippen LogP contribution in [0.2, 0.25) is 0 Å². The topological polar surface area (TPSA) is 21.3 Å². The van der Waals surface area contributed by atoms with Gasteiger partial charge in [-0.25, -0.2) is 4.39 Å². The lowest BCUT2D eigenvalue weighted by Crippen LogP contribution is -2.32. The minimum atomic E-state index is -0.185. The second-order valence-electron chi connectivity index (χ2n) is 3.27. The van der Waals surface area contributed by atoms with E-state index in [0.717, 1.165) is 12.0 Å². The molecule has 1 aromatic carbocycles. The smallest absolute Gasteiger partial charge is 0.123 e. The number of halogens is 1. The lowest BCUT2D eigenvalue weighted by atomic mass is 10.1. The van der Waals surface area contributed by atoms with Crippen LogP contribution in [-0.2, 0) is 11.2 Å². The van der Waals surface area contributed by atoms with Crippen LogP contribution in [0.25, 0.3) is 0 Å². The third-order valence-corrected chi connectivity index (χ3v) is 2.15. The second kappa shape index (κ2) is 5.73. The predicted molar refractivity (Wildman–Crippen MR) is 54.8 cm³/mol. The van der Waals surface area contributed by atoms with Crippen LogP contribution in [0.3, 0.4) is 0 Å². The minimum absolute atomic E-state index is 0.185. The molecule has 0 aliphatic heterocycles. The van der Waals surface area contributed by atoms with Gasteiger partial charge < -0.3 is 10.1 Å². The molecule has 0 spiro atoms. The minimum Gasteiger partial charge on any atom is -0.383 e. The Morgan fingerprint density at radius 3 is 2.86 bits per heavy atom. The summed E-state index contributed by atoms with van der Waals surface area (Å²) in [5, 5.41) is 3.12. The van der Waals surface area contributed by atoms with E-state index in [9.17, 15) is 4.39 Å². The van der Waals surface area contributed by atoms with Gasteiger partial charge in [-0.3, -0.25) is 0 Å². The molecule has 3 heteroatoms. The van der Waals surface area contributed by atoms with Gasteiger partial charge >= 0.3 is 0 Å². The van der Waals surface area contributed by atoms with E-state index < -0.39 is 0 Å². The lowest BCUT2D eigenvalue weighted by Gasteiger charge is -2.14. The van der Waals surface area contributed by atoms with Gasteiger partial charge in [-0.2, -0.15) is 0 Å². The summed E-state index contributed by atoms with van der Waals surface area (Å²) in [4.78, 5) is 0. The number of benzene rings is 1. The zero-order chi connectivity index (χ0) is 10.4. The fourth-order valence-corrected chi connectivity index (χ4v) is 1.39. The summed E-state index contributed by atoms with van der Waals surface area (Å²) in [7, 11) is 3.54. The Bertz CT molecular complexity index is 278. The van der Waals surface area contributed by atoms with Crippen LogP contribution in [0, 0.1) is 5.82 Å². The summed E-state index contributed by atoms with van der Waals surface area (Å²) in [5.74, 6) is -0.185. The van der Waals surface area contributed by atoms with Crippen LogP contribution >= 0.6 is 0 Å². The maximum Gasteiger partial charge on any atom is 0.123 e. The van der Waals surface area contributed by atoms with Crippen molar-refractivity contribution >= 4 is 0 Å².